The van der Waals surface area contributed by atoms with Crippen molar-refractivity contribution in [2.24, 2.45) is 0 Å². The van der Waals surface area contributed by atoms with Gasteiger partial charge in [0, 0.05) is 104 Å². The van der Waals surface area contributed by atoms with Crippen LogP contribution in [0.5, 0.6) is 0 Å². The van der Waals surface area contributed by atoms with Crippen molar-refractivity contribution in [3.8, 4) is 74.0 Å². The van der Waals surface area contributed by atoms with E-state index in [2.05, 4.69) is 472 Å². The second kappa shape index (κ2) is 32.7. The first-order valence-electron chi connectivity index (χ1n) is 48.6. The maximum Gasteiger partial charge on any atom is 0.235 e. The Balaban J connectivity index is 0.000000103. The molecule has 0 spiro atoms. The number of rotatable bonds is 9. The van der Waals surface area contributed by atoms with Crippen LogP contribution in [0.4, 0.5) is 0 Å². The zero-order valence-electron chi connectivity index (χ0n) is 77.2. The molecule has 0 aliphatic rings. The third kappa shape index (κ3) is 12.9. The third-order valence-corrected chi connectivity index (χ3v) is 29.2. The number of hydrogen-bond acceptors (Lipinski definition) is 6. The normalized spacial score (nSPS) is 11.9. The van der Waals surface area contributed by atoms with Gasteiger partial charge in [-0.25, -0.2) is 29.9 Å². The Kier molecular flexibility index (Phi) is 18.5. The first kappa shape index (κ1) is 80.9. The molecule has 8 aromatic heterocycles. The van der Waals surface area contributed by atoms with E-state index in [-0.39, 0.29) is 0 Å². The molecule has 0 fully saturated rings. The van der Waals surface area contributed by atoms with Crippen molar-refractivity contribution in [3.63, 3.8) is 0 Å². The van der Waals surface area contributed by atoms with E-state index in [4.69, 9.17) is 29.9 Å². The van der Waals surface area contributed by atoms with Gasteiger partial charge in [-0.3, -0.25) is 9.13 Å². The van der Waals surface area contributed by atoms with E-state index >= 15 is 0 Å². The summed E-state index contributed by atoms with van der Waals surface area (Å²) in [6, 6.07) is 175. The summed E-state index contributed by atoms with van der Waals surface area (Å²) in [7, 11) is 0. The molecule has 0 aliphatic heterocycles. The van der Waals surface area contributed by atoms with Crippen LogP contribution < -0.4 is 0 Å². The van der Waals surface area contributed by atoms with Gasteiger partial charge in [-0.05, 0) is 198 Å². The fourth-order valence-electron chi connectivity index (χ4n) is 22.8. The summed E-state index contributed by atoms with van der Waals surface area (Å²) < 4.78 is 11.8. The van der Waals surface area contributed by atoms with E-state index in [1.807, 2.05) is 42.5 Å². The fraction of sp³-hybridized carbons (Fsp3) is 0. The van der Waals surface area contributed by atoms with Crippen LogP contribution in [0.1, 0.15) is 0 Å². The molecule has 143 heavy (non-hydrogen) atoms. The number of hydrogen-bond donors (Lipinski definition) is 0. The number of aromatic nitrogens is 11. The molecule has 0 amide bonds. The molecule has 0 saturated heterocycles. The van der Waals surface area contributed by atoms with Crippen molar-refractivity contribution in [3.05, 3.63) is 491 Å². The Morgan fingerprint density at radius 3 is 0.923 bits per heavy atom. The highest BCUT2D eigenvalue weighted by molar-refractivity contribution is 6.32. The van der Waals surface area contributed by atoms with Crippen LogP contribution in [0.15, 0.2) is 491 Å². The highest BCUT2D eigenvalue weighted by Gasteiger charge is 2.28. The fourth-order valence-corrected chi connectivity index (χ4v) is 22.8. The molecular formula is C132H81N11. The lowest BCUT2D eigenvalue weighted by Crippen LogP contribution is -2.04. The van der Waals surface area contributed by atoms with Gasteiger partial charge in [0.2, 0.25) is 5.95 Å². The van der Waals surface area contributed by atoms with Gasteiger partial charge in [0.05, 0.1) is 88.6 Å². The standard InChI is InChI=1S/2C46H28N4.C40H25N3/c1-2-14-32(15-3-1)49-39-21-11-8-18-35(39)36-25-22-31(28-42(36)49)45-46(48-38-20-10-9-19-37(38)47-45)50-40-26-23-29-12-4-6-16-33(29)43(40)44-34-17-7-5-13-30(34)24-27-41(44)50;1-2-14-31(15-3-1)45-36-19-8-10-20-38(36)47-46(48-45)50-39-21-11-9-18-35(39)37-28-32(24-27-40(37)50)49-41-25-22-29-12-4-6-16-33(29)43(41)44-34-17-7-5-13-30(34)23-26-42(44)49;1-2-12-28(13-3-1)39-33-16-8-9-17-34(33)41-40(42-39)29-18-22-30(23-19-29)43-35-24-20-26-10-4-6-14-31(26)37(35)38-32-15-7-5-11-27(32)21-25-36(38)43/h2*1-28H;1-25H. The van der Waals surface area contributed by atoms with Crippen LogP contribution in [0.2, 0.25) is 0 Å². The molecule has 0 radical (unpaired) electrons. The molecule has 0 N–H and O–H groups in total. The zero-order chi connectivity index (χ0) is 93.8. The van der Waals surface area contributed by atoms with E-state index in [9.17, 15) is 0 Å². The van der Waals surface area contributed by atoms with Gasteiger partial charge in [0.25, 0.3) is 0 Å². The average molecular weight is 1820 g/mol. The number of fused-ring (bicyclic) bond motifs is 30. The topological polar surface area (TPSA) is 102 Å². The Hall–Kier alpha value is -19.4. The van der Waals surface area contributed by atoms with Gasteiger partial charge in [-0.1, -0.05) is 358 Å². The summed E-state index contributed by atoms with van der Waals surface area (Å²) in [6.45, 7) is 0. The molecule has 31 rings (SSSR count). The van der Waals surface area contributed by atoms with Gasteiger partial charge in [0.15, 0.2) is 11.6 Å². The van der Waals surface area contributed by atoms with Crippen molar-refractivity contribution in [1.82, 2.24) is 52.7 Å². The van der Waals surface area contributed by atoms with Crippen molar-refractivity contribution >= 4 is 207 Å². The molecule has 8 heterocycles. The quantitative estimate of drug-likeness (QED) is 0.143. The van der Waals surface area contributed by atoms with Crippen LogP contribution in [-0.2, 0) is 0 Å². The molecule has 31 aromatic rings. The SMILES string of the molecule is c1ccc(-c2nc(-c3ccc(-n4c5ccc6ccccc6c5c5c6ccccc6ccc54)cc3)nc3ccccc23)cc1.c1ccc(-c2nc(-n3c4ccccc4c4cc(-n5c6ccc7ccccc7c6c6c7ccccc7ccc65)ccc43)nc3ccccc23)cc1.c1ccc(-n2c3ccccc3c3ccc(-c4nc5ccccc5nc4-n4c5ccc6ccccc6c5c5c6ccccc6ccc54)cc32)cc1. The summed E-state index contributed by atoms with van der Waals surface area (Å²) >= 11 is 0. The molecule has 0 atom stereocenters. The molecular weight excluding hydrogens is 1740 g/mol. The largest absolute Gasteiger partial charge is 0.309 e. The Morgan fingerprint density at radius 1 is 0.140 bits per heavy atom. The Labute approximate surface area is 818 Å². The molecule has 0 bridgehead atoms. The lowest BCUT2D eigenvalue weighted by Gasteiger charge is -2.15. The maximum absolute atomic E-state index is 5.45. The lowest BCUT2D eigenvalue weighted by atomic mass is 10.00. The van der Waals surface area contributed by atoms with Crippen LogP contribution in [0.25, 0.3) is 280 Å². The van der Waals surface area contributed by atoms with Crippen molar-refractivity contribution in [2.75, 3.05) is 0 Å². The average Bonchev–Trinajstić information content (AvgIpc) is 1.56. The van der Waals surface area contributed by atoms with Gasteiger partial charge in [-0.15, -0.1) is 0 Å². The van der Waals surface area contributed by atoms with E-state index in [1.165, 1.54) is 141 Å². The predicted molar refractivity (Wildman–Crippen MR) is 597 cm³/mol. The van der Waals surface area contributed by atoms with E-state index in [1.54, 1.807) is 0 Å². The van der Waals surface area contributed by atoms with Gasteiger partial charge in [0.1, 0.15) is 5.69 Å². The van der Waals surface area contributed by atoms with Crippen LogP contribution in [0.3, 0.4) is 0 Å². The second-order valence-electron chi connectivity index (χ2n) is 37.0. The van der Waals surface area contributed by atoms with E-state index < -0.39 is 0 Å². The van der Waals surface area contributed by atoms with Gasteiger partial charge < -0.3 is 13.7 Å². The minimum Gasteiger partial charge on any atom is -0.309 e. The molecule has 23 aromatic carbocycles. The molecule has 0 unspecified atom stereocenters. The second-order valence-corrected chi connectivity index (χ2v) is 37.0. The van der Waals surface area contributed by atoms with Crippen molar-refractivity contribution in [1.29, 1.82) is 0 Å². The summed E-state index contributed by atoms with van der Waals surface area (Å²) in [5.41, 5.74) is 25.3. The molecule has 11 nitrogen and oxygen atoms in total. The summed E-state index contributed by atoms with van der Waals surface area (Å²) in [5.74, 6) is 2.20. The number of nitrogens with zero attached hydrogens (tertiary/aromatic N) is 11. The summed E-state index contributed by atoms with van der Waals surface area (Å²) in [6.07, 6.45) is 0. The van der Waals surface area contributed by atoms with Crippen LogP contribution in [-0.4, -0.2) is 52.7 Å². The maximum atomic E-state index is 5.45. The number of benzene rings is 23. The first-order chi connectivity index (χ1) is 71.0. The van der Waals surface area contributed by atoms with Crippen LogP contribution in [0, 0.1) is 0 Å². The smallest absolute Gasteiger partial charge is 0.235 e. The minimum atomic E-state index is 0.663. The summed E-state index contributed by atoms with van der Waals surface area (Å²) in [4.78, 5) is 31.4. The molecule has 664 valence electrons. The zero-order valence-corrected chi connectivity index (χ0v) is 77.2. The minimum absolute atomic E-state index is 0.663. The molecule has 11 heteroatoms. The Bertz CT molecular complexity index is 10400. The van der Waals surface area contributed by atoms with Gasteiger partial charge in [-0.2, -0.15) is 0 Å². The highest BCUT2D eigenvalue weighted by Crippen LogP contribution is 2.48. The molecule has 0 saturated carbocycles. The van der Waals surface area contributed by atoms with Crippen molar-refractivity contribution in [2.45, 2.75) is 0 Å². The predicted octanol–water partition coefficient (Wildman–Crippen LogP) is 34.0. The monoisotopic (exact) mass is 1820 g/mol. The van der Waals surface area contributed by atoms with Crippen molar-refractivity contribution < 1.29 is 0 Å². The highest BCUT2D eigenvalue weighted by atomic mass is 15.2. The van der Waals surface area contributed by atoms with Gasteiger partial charge >= 0.3 is 0 Å². The molecule has 0 aliphatic carbocycles. The lowest BCUT2D eigenvalue weighted by molar-refractivity contribution is 1.01. The first-order valence-corrected chi connectivity index (χ1v) is 48.6. The third-order valence-electron chi connectivity index (χ3n) is 29.2. The van der Waals surface area contributed by atoms with Crippen LogP contribution >= 0.6 is 0 Å². The Morgan fingerprint density at radius 2 is 0.455 bits per heavy atom. The van der Waals surface area contributed by atoms with E-state index in [0.29, 0.717) is 5.95 Å². The number of para-hydroxylation sites is 7. The van der Waals surface area contributed by atoms with E-state index in [0.717, 1.165) is 134 Å². The summed E-state index contributed by atoms with van der Waals surface area (Å²) in [5, 5.41) is 29.4.